The Hall–Kier alpha value is -1.51. The number of nitrogens with one attached hydrogen (secondary N) is 2. The Morgan fingerprint density at radius 1 is 1.00 bits per heavy atom. The van der Waals surface area contributed by atoms with Crippen LogP contribution in [-0.2, 0) is 12.4 Å². The first kappa shape index (κ1) is 20.5. The van der Waals surface area contributed by atoms with E-state index in [9.17, 15) is 26.3 Å². The quantitative estimate of drug-likeness (QED) is 0.520. The van der Waals surface area contributed by atoms with E-state index >= 15 is 0 Å². The van der Waals surface area contributed by atoms with Gasteiger partial charge in [-0.3, -0.25) is 0 Å². The number of anilines is 1. The minimum absolute atomic E-state index is 0.00267. The average molecular weight is 372 g/mol. The van der Waals surface area contributed by atoms with Gasteiger partial charge in [0.15, 0.2) is 5.11 Å². The number of benzene rings is 1. The first-order valence-electron chi connectivity index (χ1n) is 7.34. The molecule has 0 aliphatic carbocycles. The average Bonchev–Trinajstić information content (AvgIpc) is 2.44. The number of alkyl halides is 6. The van der Waals surface area contributed by atoms with Gasteiger partial charge in [-0.15, -0.1) is 0 Å². The third-order valence-electron chi connectivity index (χ3n) is 3.31. The molecule has 2 nitrogen and oxygen atoms in total. The number of hydrogen-bond acceptors (Lipinski definition) is 1. The lowest BCUT2D eigenvalue weighted by Crippen LogP contribution is -2.37. The van der Waals surface area contributed by atoms with Crippen LogP contribution in [0.2, 0.25) is 0 Å². The Bertz CT molecular complexity index is 536. The van der Waals surface area contributed by atoms with Crippen LogP contribution in [0.3, 0.4) is 0 Å². The van der Waals surface area contributed by atoms with E-state index in [1.165, 1.54) is 0 Å². The Morgan fingerprint density at radius 2 is 1.50 bits per heavy atom. The summed E-state index contributed by atoms with van der Waals surface area (Å²) in [6, 6.07) is 1.28. The monoisotopic (exact) mass is 372 g/mol. The number of hydrogen-bond donors (Lipinski definition) is 2. The van der Waals surface area contributed by atoms with E-state index in [4.69, 9.17) is 12.2 Å². The highest BCUT2D eigenvalue weighted by Crippen LogP contribution is 2.37. The second kappa shape index (κ2) is 8.04. The van der Waals surface area contributed by atoms with Gasteiger partial charge < -0.3 is 10.6 Å². The van der Waals surface area contributed by atoms with Gasteiger partial charge in [-0.1, -0.05) is 20.3 Å². The summed E-state index contributed by atoms with van der Waals surface area (Å²) < 4.78 is 76.8. The zero-order valence-corrected chi connectivity index (χ0v) is 13.9. The molecule has 24 heavy (non-hydrogen) atoms. The van der Waals surface area contributed by atoms with Crippen molar-refractivity contribution in [3.63, 3.8) is 0 Å². The van der Waals surface area contributed by atoms with Crippen LogP contribution in [0.4, 0.5) is 32.0 Å². The van der Waals surface area contributed by atoms with E-state index in [-0.39, 0.29) is 22.9 Å². The van der Waals surface area contributed by atoms with Crippen molar-refractivity contribution in [3.8, 4) is 0 Å². The molecule has 136 valence electrons. The molecule has 0 fully saturated rings. The molecule has 0 amide bonds. The lowest BCUT2D eigenvalue weighted by Gasteiger charge is -2.20. The molecule has 0 radical (unpaired) electrons. The first-order chi connectivity index (χ1) is 11.0. The van der Waals surface area contributed by atoms with E-state index in [1.54, 1.807) is 0 Å². The molecule has 0 spiro atoms. The van der Waals surface area contributed by atoms with Gasteiger partial charge in [0.25, 0.3) is 0 Å². The minimum atomic E-state index is -4.89. The van der Waals surface area contributed by atoms with Crippen LogP contribution in [-0.4, -0.2) is 11.2 Å². The maximum atomic E-state index is 12.8. The topological polar surface area (TPSA) is 24.1 Å². The highest BCUT2D eigenvalue weighted by Gasteiger charge is 2.37. The van der Waals surface area contributed by atoms with Crippen molar-refractivity contribution in [3.05, 3.63) is 29.3 Å². The maximum Gasteiger partial charge on any atom is 0.416 e. The second-order valence-electron chi connectivity index (χ2n) is 5.29. The lowest BCUT2D eigenvalue weighted by atomic mass is 10.1. The largest absolute Gasteiger partial charge is 0.416 e. The van der Waals surface area contributed by atoms with Crippen molar-refractivity contribution in [2.75, 3.05) is 5.32 Å². The van der Waals surface area contributed by atoms with Gasteiger partial charge in [-0.2, -0.15) is 26.3 Å². The van der Waals surface area contributed by atoms with Gasteiger partial charge in [0.05, 0.1) is 11.1 Å². The molecule has 2 N–H and O–H groups in total. The Balaban J connectivity index is 3.04. The van der Waals surface area contributed by atoms with Crippen molar-refractivity contribution < 1.29 is 26.3 Å². The van der Waals surface area contributed by atoms with Crippen LogP contribution in [0.5, 0.6) is 0 Å². The van der Waals surface area contributed by atoms with Gasteiger partial charge in [-0.05, 0) is 43.3 Å². The third-order valence-corrected chi connectivity index (χ3v) is 3.53. The van der Waals surface area contributed by atoms with Crippen molar-refractivity contribution in [2.45, 2.75) is 51.5 Å². The summed E-state index contributed by atoms with van der Waals surface area (Å²) in [5.74, 6) is 0. The van der Waals surface area contributed by atoms with E-state index in [2.05, 4.69) is 10.6 Å². The van der Waals surface area contributed by atoms with Gasteiger partial charge >= 0.3 is 12.4 Å². The fourth-order valence-corrected chi connectivity index (χ4v) is 2.39. The molecule has 1 aromatic rings. The van der Waals surface area contributed by atoms with E-state index in [0.29, 0.717) is 12.1 Å². The van der Waals surface area contributed by atoms with Crippen LogP contribution < -0.4 is 10.6 Å². The van der Waals surface area contributed by atoms with Crippen molar-refractivity contribution in [2.24, 2.45) is 0 Å². The summed E-state index contributed by atoms with van der Waals surface area (Å²) >= 11 is 4.98. The molecule has 9 heteroatoms. The molecule has 0 heterocycles. The molecular weight excluding hydrogens is 354 g/mol. The van der Waals surface area contributed by atoms with Crippen LogP contribution >= 0.6 is 12.2 Å². The van der Waals surface area contributed by atoms with E-state index in [1.807, 2.05) is 13.8 Å². The molecule has 0 saturated heterocycles. The zero-order chi connectivity index (χ0) is 18.5. The fraction of sp³-hybridized carbons (Fsp3) is 0.533. The molecule has 0 aromatic heterocycles. The van der Waals surface area contributed by atoms with Gasteiger partial charge in [0, 0.05) is 11.7 Å². The molecule has 1 aromatic carbocycles. The van der Waals surface area contributed by atoms with Crippen LogP contribution in [0.15, 0.2) is 18.2 Å². The number of halogens is 6. The number of thiocarbonyl (C=S) groups is 1. The van der Waals surface area contributed by atoms with Crippen molar-refractivity contribution in [1.82, 2.24) is 5.32 Å². The zero-order valence-electron chi connectivity index (χ0n) is 13.1. The summed E-state index contributed by atoms with van der Waals surface area (Å²) in [5.41, 5.74) is -3.13. The molecule has 1 unspecified atom stereocenters. The Morgan fingerprint density at radius 3 is 1.88 bits per heavy atom. The molecule has 1 rings (SSSR count). The lowest BCUT2D eigenvalue weighted by molar-refractivity contribution is -0.143. The molecule has 0 bridgehead atoms. The molecular formula is C15H18F6N2S. The fourth-order valence-electron chi connectivity index (χ4n) is 2.11. The van der Waals surface area contributed by atoms with Gasteiger partial charge in [-0.25, -0.2) is 0 Å². The predicted molar refractivity (Wildman–Crippen MR) is 84.8 cm³/mol. The smallest absolute Gasteiger partial charge is 0.360 e. The van der Waals surface area contributed by atoms with Gasteiger partial charge in [0.2, 0.25) is 0 Å². The second-order valence-corrected chi connectivity index (χ2v) is 5.70. The van der Waals surface area contributed by atoms with Crippen molar-refractivity contribution in [1.29, 1.82) is 0 Å². The van der Waals surface area contributed by atoms with Crippen LogP contribution in [0, 0.1) is 0 Å². The predicted octanol–water partition coefficient (Wildman–Crippen LogP) is 5.59. The Kier molecular flexibility index (Phi) is 6.88. The SMILES string of the molecule is CCCC(CC)NC(=S)Nc1cc(C(F)(F)F)cc(C(F)(F)F)c1. The standard InChI is InChI=1S/C15H18F6N2S/c1-3-5-11(4-2)22-13(24)23-12-7-9(14(16,17)18)6-10(8-12)15(19,20)21/h6-8,11H,3-5H2,1-2H3,(H2,22,23,24). The summed E-state index contributed by atoms with van der Waals surface area (Å²) in [5, 5.41) is 5.29. The third kappa shape index (κ3) is 6.18. The normalized spacial score (nSPS) is 13.5. The van der Waals surface area contributed by atoms with E-state index in [0.717, 1.165) is 19.3 Å². The Labute approximate surface area is 141 Å². The summed E-state index contributed by atoms with van der Waals surface area (Å²) in [7, 11) is 0. The summed E-state index contributed by atoms with van der Waals surface area (Å²) in [4.78, 5) is 0. The van der Waals surface area contributed by atoms with Gasteiger partial charge in [0.1, 0.15) is 0 Å². The highest BCUT2D eigenvalue weighted by atomic mass is 32.1. The molecule has 0 saturated carbocycles. The summed E-state index contributed by atoms with van der Waals surface area (Å²) in [6.07, 6.45) is -7.39. The minimum Gasteiger partial charge on any atom is -0.360 e. The molecule has 0 aliphatic heterocycles. The highest BCUT2D eigenvalue weighted by molar-refractivity contribution is 7.80. The summed E-state index contributed by atoms with van der Waals surface area (Å²) in [6.45, 7) is 3.87. The van der Waals surface area contributed by atoms with Crippen molar-refractivity contribution >= 4 is 23.0 Å². The maximum absolute atomic E-state index is 12.8. The van der Waals surface area contributed by atoms with E-state index < -0.39 is 23.5 Å². The van der Waals surface area contributed by atoms with Crippen LogP contribution in [0.1, 0.15) is 44.2 Å². The first-order valence-corrected chi connectivity index (χ1v) is 7.75. The number of rotatable bonds is 5. The molecule has 0 aliphatic rings. The van der Waals surface area contributed by atoms with Crippen LogP contribution in [0.25, 0.3) is 0 Å². The molecule has 1 atom stereocenters.